The van der Waals surface area contributed by atoms with Gasteiger partial charge < -0.3 is 14.6 Å². The van der Waals surface area contributed by atoms with Crippen LogP contribution in [0.1, 0.15) is 44.4 Å². The van der Waals surface area contributed by atoms with Crippen molar-refractivity contribution in [1.82, 2.24) is 0 Å². The Kier molecular flexibility index (Phi) is 8.57. The second-order valence-corrected chi connectivity index (χ2v) is 7.35. The van der Waals surface area contributed by atoms with Crippen LogP contribution in [0, 0.1) is 11.3 Å². The van der Waals surface area contributed by atoms with Crippen LogP contribution in [0.2, 0.25) is 0 Å². The van der Waals surface area contributed by atoms with E-state index >= 15 is 0 Å². The molecule has 5 nitrogen and oxygen atoms in total. The number of hydrogen-bond donors (Lipinski definition) is 1. The molecule has 0 aliphatic rings. The third-order valence-electron chi connectivity index (χ3n) is 4.00. The number of carbonyl (C=O) groups is 1. The Morgan fingerprint density at radius 3 is 2.50 bits per heavy atom. The highest BCUT2D eigenvalue weighted by molar-refractivity contribution is 7.16. The Morgan fingerprint density at radius 2 is 1.86 bits per heavy atom. The molecule has 2 rings (SSSR count). The van der Waals surface area contributed by atoms with Gasteiger partial charge in [-0.15, -0.1) is 11.3 Å². The highest BCUT2D eigenvalue weighted by Gasteiger charge is 2.12. The van der Waals surface area contributed by atoms with Crippen molar-refractivity contribution in [3.05, 3.63) is 40.8 Å². The molecule has 0 aliphatic carbocycles. The minimum absolute atomic E-state index is 0.285. The van der Waals surface area contributed by atoms with E-state index in [1.165, 1.54) is 17.4 Å². The van der Waals surface area contributed by atoms with E-state index in [1.807, 2.05) is 30.3 Å². The molecular formula is C22H25NO4S. The van der Waals surface area contributed by atoms with Gasteiger partial charge in [-0.1, -0.05) is 26.7 Å². The monoisotopic (exact) mass is 399 g/mol. The molecule has 1 aromatic carbocycles. The molecule has 28 heavy (non-hydrogen) atoms. The molecule has 0 bridgehead atoms. The van der Waals surface area contributed by atoms with Gasteiger partial charge in [-0.25, -0.2) is 4.79 Å². The molecule has 0 saturated heterocycles. The molecule has 0 radical (unpaired) electrons. The minimum atomic E-state index is -1.23. The number of carboxylic acids is 1. The summed E-state index contributed by atoms with van der Waals surface area (Å²) < 4.78 is 11.8. The average Bonchev–Trinajstić information content (AvgIpc) is 3.15. The summed E-state index contributed by atoms with van der Waals surface area (Å²) in [5.41, 5.74) is 0.643. The lowest BCUT2D eigenvalue weighted by Gasteiger charge is -2.13. The Bertz CT molecular complexity index is 864. The molecule has 0 unspecified atom stereocenters. The van der Waals surface area contributed by atoms with Gasteiger partial charge in [0.15, 0.2) is 0 Å². The number of nitriles is 1. The zero-order valence-electron chi connectivity index (χ0n) is 16.2. The van der Waals surface area contributed by atoms with Crippen LogP contribution in [-0.4, -0.2) is 24.3 Å². The lowest BCUT2D eigenvalue weighted by Crippen LogP contribution is -2.00. The lowest BCUT2D eigenvalue weighted by atomic mass is 10.1. The largest absolute Gasteiger partial charge is 0.493 e. The van der Waals surface area contributed by atoms with Crippen LogP contribution in [0.3, 0.4) is 0 Å². The Morgan fingerprint density at radius 1 is 1.14 bits per heavy atom. The SMILES string of the molecule is CCCCOc1ccc(-c2ccc(C=C(C#N)C(=O)O)s2)c(OCCCC)c1. The van der Waals surface area contributed by atoms with E-state index in [1.54, 1.807) is 6.07 Å². The van der Waals surface area contributed by atoms with E-state index in [2.05, 4.69) is 13.8 Å². The first-order valence-electron chi connectivity index (χ1n) is 9.44. The Balaban J connectivity index is 2.30. The summed E-state index contributed by atoms with van der Waals surface area (Å²) in [6, 6.07) is 11.2. The first-order chi connectivity index (χ1) is 13.6. The number of ether oxygens (including phenoxy) is 2. The molecule has 6 heteroatoms. The maximum atomic E-state index is 11.0. The van der Waals surface area contributed by atoms with Crippen molar-refractivity contribution in [3.8, 4) is 28.0 Å². The molecule has 0 spiro atoms. The van der Waals surface area contributed by atoms with Gasteiger partial charge in [-0.05, 0) is 43.2 Å². The number of nitrogens with zero attached hydrogens (tertiary/aromatic N) is 1. The molecular weight excluding hydrogens is 374 g/mol. The molecule has 2 aromatic rings. The van der Waals surface area contributed by atoms with Crippen molar-refractivity contribution in [2.24, 2.45) is 0 Å². The van der Waals surface area contributed by atoms with Crippen LogP contribution in [0.5, 0.6) is 11.5 Å². The highest BCUT2D eigenvalue weighted by atomic mass is 32.1. The first-order valence-corrected chi connectivity index (χ1v) is 10.3. The predicted molar refractivity (Wildman–Crippen MR) is 112 cm³/mol. The first kappa shape index (κ1) is 21.5. The highest BCUT2D eigenvalue weighted by Crippen LogP contribution is 2.38. The third-order valence-corrected chi connectivity index (χ3v) is 5.07. The molecule has 0 atom stereocenters. The molecule has 0 fully saturated rings. The van der Waals surface area contributed by atoms with Crippen molar-refractivity contribution in [1.29, 1.82) is 5.26 Å². The zero-order valence-corrected chi connectivity index (χ0v) is 17.1. The van der Waals surface area contributed by atoms with Gasteiger partial charge in [-0.2, -0.15) is 5.26 Å². The maximum absolute atomic E-state index is 11.0. The number of hydrogen-bond acceptors (Lipinski definition) is 5. The smallest absolute Gasteiger partial charge is 0.346 e. The van der Waals surface area contributed by atoms with E-state index in [0.29, 0.717) is 18.1 Å². The molecule has 1 heterocycles. The van der Waals surface area contributed by atoms with Gasteiger partial charge in [0.25, 0.3) is 0 Å². The molecule has 1 N–H and O–H groups in total. The fourth-order valence-electron chi connectivity index (χ4n) is 2.44. The van der Waals surface area contributed by atoms with Crippen molar-refractivity contribution in [2.45, 2.75) is 39.5 Å². The summed E-state index contributed by atoms with van der Waals surface area (Å²) in [6.07, 6.45) is 5.46. The van der Waals surface area contributed by atoms with E-state index in [9.17, 15) is 4.79 Å². The van der Waals surface area contributed by atoms with Crippen LogP contribution < -0.4 is 9.47 Å². The molecule has 148 valence electrons. The summed E-state index contributed by atoms with van der Waals surface area (Å²) in [5, 5.41) is 18.0. The normalized spacial score (nSPS) is 11.1. The third kappa shape index (κ3) is 6.14. The predicted octanol–water partition coefficient (Wildman–Crippen LogP) is 5.76. The summed E-state index contributed by atoms with van der Waals surface area (Å²) in [7, 11) is 0. The van der Waals surface area contributed by atoms with Gasteiger partial charge >= 0.3 is 5.97 Å². The van der Waals surface area contributed by atoms with Gasteiger partial charge in [-0.3, -0.25) is 0 Å². The Hall–Kier alpha value is -2.78. The second kappa shape index (κ2) is 11.2. The lowest BCUT2D eigenvalue weighted by molar-refractivity contribution is -0.132. The number of aliphatic carboxylic acids is 1. The van der Waals surface area contributed by atoms with E-state index in [4.69, 9.17) is 19.8 Å². The molecule has 1 aromatic heterocycles. The number of carboxylic acid groups (broad SMARTS) is 1. The van der Waals surface area contributed by atoms with Crippen LogP contribution in [0.15, 0.2) is 35.9 Å². The molecule has 0 aliphatic heterocycles. The van der Waals surface area contributed by atoms with Crippen molar-refractivity contribution in [3.63, 3.8) is 0 Å². The van der Waals surface area contributed by atoms with Crippen LogP contribution in [-0.2, 0) is 4.79 Å². The van der Waals surface area contributed by atoms with Gasteiger partial charge in [0.1, 0.15) is 23.1 Å². The van der Waals surface area contributed by atoms with Gasteiger partial charge in [0, 0.05) is 21.4 Å². The quantitative estimate of drug-likeness (QED) is 0.295. The van der Waals surface area contributed by atoms with Crippen LogP contribution in [0.4, 0.5) is 0 Å². The van der Waals surface area contributed by atoms with Crippen LogP contribution in [0.25, 0.3) is 16.5 Å². The molecule has 0 saturated carbocycles. The second-order valence-electron chi connectivity index (χ2n) is 6.24. The average molecular weight is 400 g/mol. The van der Waals surface area contributed by atoms with E-state index < -0.39 is 5.97 Å². The standard InChI is InChI=1S/C22H25NO4S/c1-3-5-11-26-17-7-9-19(20(14-17)27-12-6-4-2)21-10-8-18(28-21)13-16(15-23)22(24)25/h7-10,13-14H,3-6,11-12H2,1-2H3,(H,24,25). The Labute approximate surface area is 169 Å². The van der Waals surface area contributed by atoms with Crippen LogP contribution >= 0.6 is 11.3 Å². The van der Waals surface area contributed by atoms with Crippen molar-refractivity contribution in [2.75, 3.05) is 13.2 Å². The summed E-state index contributed by atoms with van der Waals surface area (Å²) in [6.45, 7) is 5.53. The summed E-state index contributed by atoms with van der Waals surface area (Å²) >= 11 is 1.42. The minimum Gasteiger partial charge on any atom is -0.493 e. The summed E-state index contributed by atoms with van der Waals surface area (Å²) in [4.78, 5) is 12.7. The topological polar surface area (TPSA) is 79.5 Å². The number of benzene rings is 1. The van der Waals surface area contributed by atoms with Crippen molar-refractivity contribution < 1.29 is 19.4 Å². The van der Waals surface area contributed by atoms with Gasteiger partial charge in [0.05, 0.1) is 13.2 Å². The number of thiophene rings is 1. The summed E-state index contributed by atoms with van der Waals surface area (Å²) in [5.74, 6) is 0.297. The maximum Gasteiger partial charge on any atom is 0.346 e. The van der Waals surface area contributed by atoms with E-state index in [-0.39, 0.29) is 5.57 Å². The number of rotatable bonds is 11. The zero-order chi connectivity index (χ0) is 20.4. The van der Waals surface area contributed by atoms with Gasteiger partial charge in [0.2, 0.25) is 0 Å². The fourth-order valence-corrected chi connectivity index (χ4v) is 3.42. The number of unbranched alkanes of at least 4 members (excludes halogenated alkanes) is 2. The van der Waals surface area contributed by atoms with E-state index in [0.717, 1.165) is 47.6 Å². The molecule has 0 amide bonds. The fraction of sp³-hybridized carbons (Fsp3) is 0.364. The van der Waals surface area contributed by atoms with Crippen molar-refractivity contribution >= 4 is 23.4 Å².